The van der Waals surface area contributed by atoms with E-state index in [9.17, 15) is 157 Å². The van der Waals surface area contributed by atoms with E-state index in [-0.39, 0.29) is 543 Å². The van der Waals surface area contributed by atoms with Crippen molar-refractivity contribution in [3.05, 3.63) is 187 Å². The Labute approximate surface area is 1110 Å². The molecule has 7 aromatic rings. The van der Waals surface area contributed by atoms with Crippen LogP contribution in [-0.2, 0) is 0 Å². The van der Waals surface area contributed by atoms with Gasteiger partial charge < -0.3 is 196 Å². The van der Waals surface area contributed by atoms with Crippen LogP contribution >= 0.6 is 0 Å². The zero-order valence-electron chi connectivity index (χ0n) is 82.7. The summed E-state index contributed by atoms with van der Waals surface area (Å²) >= 11 is 0. The summed E-state index contributed by atoms with van der Waals surface area (Å²) in [4.78, 5) is 78.1. The number of carboxylic acids is 7. The quantitative estimate of drug-likeness (QED) is 0.0307. The molecule has 730 valence electrons. The van der Waals surface area contributed by atoms with Crippen LogP contribution in [0.4, 0.5) is 17.6 Å². The smallest absolute Gasteiger partial charge is 0.669 e. The Morgan fingerprint density at radius 1 is 0.297 bits per heavy atom. The van der Waals surface area contributed by atoms with Crippen LogP contribution in [0.25, 0.3) is 0 Å². The van der Waals surface area contributed by atoms with Gasteiger partial charge in [-0.05, 0) is 154 Å². The molecule has 63 heteroatoms. The molecule has 0 spiro atoms. The maximum atomic E-state index is 13.5. The molecule has 0 saturated heterocycles. The van der Waals surface area contributed by atoms with Crippen LogP contribution in [0.3, 0.4) is 0 Å². The first kappa shape index (κ1) is 142. The van der Waals surface area contributed by atoms with E-state index in [2.05, 4.69) is 10.7 Å². The van der Waals surface area contributed by atoms with Gasteiger partial charge in [-0.2, -0.15) is 0 Å². The number of carbonyl (C=O) groups excluding carboxylic acids is 7. The van der Waals surface area contributed by atoms with Crippen molar-refractivity contribution in [3.63, 3.8) is 0 Å². The molecule has 14 N–H and O–H groups in total. The minimum atomic E-state index is -3.95. The molecule has 23 rings (SSSR count). The van der Waals surface area contributed by atoms with E-state index in [0.717, 1.165) is 43.4 Å². The van der Waals surface area contributed by atoms with Gasteiger partial charge in [-0.1, -0.05) is 142 Å². The zero-order chi connectivity index (χ0) is 97.1. The van der Waals surface area contributed by atoms with E-state index in [1.165, 1.54) is 59.8 Å². The van der Waals surface area contributed by atoms with Gasteiger partial charge >= 0.3 is 402 Å². The second-order valence-corrected chi connectivity index (χ2v) is 36.3. The van der Waals surface area contributed by atoms with Gasteiger partial charge in [0.2, 0.25) is 5.92 Å². The third kappa shape index (κ3) is 26.2. The second kappa shape index (κ2) is 52.9. The number of fused-ring (bicyclic) bond motifs is 29. The van der Waals surface area contributed by atoms with Crippen LogP contribution < -0.4 is 447 Å². The Balaban J connectivity index is 0.000000437. The Morgan fingerprint density at radius 3 is 0.838 bits per heavy atom. The number of allylic oxidation sites excluding steroid dienone is 2. The number of hydrogen-bond donors (Lipinski definition) is 14. The standard InChI is InChI=1S/C15H18BO6.C15H16BO6.3C11H12BO6.C10H7BF3O5.C10H9BFO5.2CH4.12Na/c2*1-21-10-5-4-9-11-7-2-3-8(6-7)13(11)16(19,20)22-14(9)12(10)15(17)18;3*1-17-8-3-2-5-6-4-7(6)12(15,16)18-10(5)9(8)11(13)14;12-4-2-1-3-6-8(10(6,13)14)11(17,18)19-7(3)5(4)9(15)16;12-7-2-1-4-5-3-6(5)11(15,16)17-9(4)8(7)10(13)14;;;;;;;;;;;;;;/h4-5,7-8,11,13,19-20H,2-3,6H2,1H3,(H,17,18);2-5,7-8,11,13,19-20H,6H2,1H3,(H,17,18);3*2-3,6-7,15-16H,4H2,1H3,(H,13,14);1-2,6,8,17-18H,(H,15,16);1-2,5-6,15-16H,3H2,(H,13,14);2*1H4;;;;;;;;;;;;/q7*-1;;;12*+1/p-7/t;;2*6-,7-;;;;;;;;;;;;;;;;;/m..10................./s1. The SMILES string of the molecule is C.C.COc1ccc2c(c1C(=O)[O-])O[B-](O)(O)C1C3C=CC(C3)C21.COc1ccc2c(c1C(=O)[O-])O[B-](O)(O)C1C3CCC(C3)C21.COc1ccc2c(c1C(=O)[O-])O[B-](O)(O)C1CC21.COc1ccc2c(c1C(=O)[O-])O[B-](O)(O)[C@@H]1C[C@H]21.COc1ccc2c(c1C(=O)[O-])O[B-](O)(O)[C@H]1C[C@@H]21.O=C([O-])c1c(F)ccc2c1O[B-](O)(O)C1C2C1(F)F.O=C([O-])c1c(F)ccc2c1O[B-](O)(O)C1CC21.[Na+].[Na+].[Na+].[Na+].[Na+].[Na+].[Na+].[Na+].[Na+].[Na+].[Na+].[Na+]. The summed E-state index contributed by atoms with van der Waals surface area (Å²) in [5, 5.41) is 216. The average molecular weight is 2180 g/mol. The summed E-state index contributed by atoms with van der Waals surface area (Å²) in [5.74, 6) is -23.0. The number of halogens is 4. The van der Waals surface area contributed by atoms with Gasteiger partial charge in [0.1, 0.15) is 40.4 Å². The van der Waals surface area contributed by atoms with Gasteiger partial charge in [-0.15, -0.1) is 0 Å². The van der Waals surface area contributed by atoms with Crippen molar-refractivity contribution in [3.8, 4) is 69.0 Å². The summed E-state index contributed by atoms with van der Waals surface area (Å²) in [6.45, 7) is -22.3. The fraction of sp³-hybridized carbons (Fsp3) is 0.400. The third-order valence-electron chi connectivity index (χ3n) is 28.9. The van der Waals surface area contributed by atoms with Crippen LogP contribution in [0.2, 0.25) is 40.7 Å². The molecule has 7 aromatic carbocycles. The van der Waals surface area contributed by atoms with Gasteiger partial charge in [0, 0.05) is 11.7 Å². The number of benzene rings is 7. The predicted octanol–water partition coefficient (Wildman–Crippen LogP) is -37.7. The molecule has 4 bridgehead atoms. The monoisotopic (exact) mass is 2180 g/mol. The van der Waals surface area contributed by atoms with Crippen molar-refractivity contribution < 1.29 is 568 Å². The summed E-state index contributed by atoms with van der Waals surface area (Å²) in [7, 11) is 6.68. The number of carbonyl (C=O) groups is 7. The molecule has 14 unspecified atom stereocenters. The number of methoxy groups -OCH3 is 5. The van der Waals surface area contributed by atoms with Crippen LogP contribution in [0.5, 0.6) is 69.0 Å². The summed E-state index contributed by atoms with van der Waals surface area (Å²) in [6, 6.07) is 20.4. The number of ether oxygens (including phenoxy) is 5. The first-order valence-electron chi connectivity index (χ1n) is 42.6. The largest absolute Gasteiger partial charge is 1.00 e. The molecule has 16 aliphatic rings. The average Bonchev–Trinajstić information content (AvgIpc) is 1.50. The van der Waals surface area contributed by atoms with Crippen LogP contribution in [0.15, 0.2) is 97.1 Å². The predicted molar refractivity (Wildman–Crippen MR) is 448 cm³/mol. The van der Waals surface area contributed by atoms with Crippen molar-refractivity contribution in [1.82, 2.24) is 0 Å². The molecular weight excluding hydrogens is 2090 g/mol. The second-order valence-electron chi connectivity index (χ2n) is 36.3. The van der Waals surface area contributed by atoms with Gasteiger partial charge in [0.25, 0.3) is 0 Å². The zero-order valence-corrected chi connectivity index (χ0v) is 107. The Bertz CT molecular complexity index is 5980. The molecule has 148 heavy (non-hydrogen) atoms. The van der Waals surface area contributed by atoms with Crippen molar-refractivity contribution in [2.75, 3.05) is 35.5 Å². The van der Waals surface area contributed by atoms with E-state index in [1.807, 2.05) is 6.08 Å². The number of carboxylic acid groups (broad SMARTS) is 7. The van der Waals surface area contributed by atoms with Crippen LogP contribution in [-0.4, -0.2) is 201 Å². The van der Waals surface area contributed by atoms with E-state index in [4.69, 9.17) is 51.6 Å². The molecule has 9 aliphatic carbocycles. The number of alkyl halides is 2. The van der Waals surface area contributed by atoms with E-state index in [1.54, 1.807) is 42.5 Å². The molecule has 8 saturated carbocycles. The van der Waals surface area contributed by atoms with Crippen LogP contribution in [0, 0.1) is 35.3 Å². The number of rotatable bonds is 12. The molecule has 0 radical (unpaired) electrons. The fourth-order valence-electron chi connectivity index (χ4n) is 22.7. The molecule has 7 heterocycles. The molecule has 8 fully saturated rings. The summed E-state index contributed by atoms with van der Waals surface area (Å²) in [6.07, 6.45) is 10.1. The molecule has 0 amide bonds. The van der Waals surface area contributed by atoms with Gasteiger partial charge in [-0.25, -0.2) is 17.6 Å². The van der Waals surface area contributed by atoms with Gasteiger partial charge in [0.15, 0.2) is 0 Å². The van der Waals surface area contributed by atoms with Gasteiger partial charge in [-0.3, -0.25) is 0 Å². The molecule has 40 nitrogen and oxygen atoms in total. The van der Waals surface area contributed by atoms with Crippen molar-refractivity contribution in [1.29, 1.82) is 0 Å². The molecule has 7 aliphatic heterocycles. The van der Waals surface area contributed by atoms with E-state index in [0.29, 0.717) is 65.5 Å². The topological polar surface area (TPSA) is 675 Å². The molecule has 18 atom stereocenters. The maximum absolute atomic E-state index is 13.5. The molecule has 0 aromatic heterocycles. The van der Waals surface area contributed by atoms with Crippen molar-refractivity contribution in [2.45, 2.75) is 154 Å². The summed E-state index contributed by atoms with van der Waals surface area (Å²) in [5.41, 5.74) is 0.499. The van der Waals surface area contributed by atoms with Crippen LogP contribution in [0.1, 0.15) is 219 Å². The Hall–Kier alpha value is -0.215. The first-order valence-corrected chi connectivity index (χ1v) is 42.6. The normalized spacial score (nSPS) is 26.5. The maximum Gasteiger partial charge on any atom is 1.00 e. The van der Waals surface area contributed by atoms with E-state index < -0.39 is 147 Å². The third-order valence-corrected chi connectivity index (χ3v) is 28.9. The Kier molecular flexibility index (Phi) is 50.8. The number of hydrogen-bond acceptors (Lipinski definition) is 40. The Morgan fingerprint density at radius 2 is 0.534 bits per heavy atom. The number of aromatic carboxylic acids is 7. The van der Waals surface area contributed by atoms with Gasteiger partial charge in [0.05, 0.1) is 157 Å². The van der Waals surface area contributed by atoms with Crippen molar-refractivity contribution in [2.24, 2.45) is 23.7 Å². The molecular formula is C85H87B7F4Na12O40-2. The minimum Gasteiger partial charge on any atom is -0.669 e. The van der Waals surface area contributed by atoms with Crippen molar-refractivity contribution >= 4 is 89.1 Å². The first-order chi connectivity index (χ1) is 62.8. The fourth-order valence-corrected chi connectivity index (χ4v) is 22.7. The van der Waals surface area contributed by atoms with E-state index >= 15 is 0 Å². The minimum absolute atomic E-state index is 0. The summed E-state index contributed by atoms with van der Waals surface area (Å²) < 4.78 is 114.